The molecule has 2 aliphatic heterocycles. The molecular weight excluding hydrogens is 845 g/mol. The molecular formula is C48H66N10O8. The summed E-state index contributed by atoms with van der Waals surface area (Å²) in [5.74, 6) is -4.58. The van der Waals surface area contributed by atoms with Gasteiger partial charge in [0.05, 0.1) is 12.1 Å². The number of nitrogens with two attached hydrogens (primary N) is 2. The molecule has 1 saturated carbocycles. The van der Waals surface area contributed by atoms with Gasteiger partial charge in [-0.3, -0.25) is 38.6 Å². The number of carbonyl (C=O) groups excluding carboxylic acids is 7. The van der Waals surface area contributed by atoms with E-state index in [9.17, 15) is 38.7 Å². The van der Waals surface area contributed by atoms with Gasteiger partial charge in [-0.1, -0.05) is 80.6 Å². The molecule has 3 heterocycles. The first-order valence-corrected chi connectivity index (χ1v) is 23.4. The molecule has 3 aromatic rings. The number of H-pyrrole nitrogens is 1. The highest BCUT2D eigenvalue weighted by Crippen LogP contribution is 2.29. The summed E-state index contributed by atoms with van der Waals surface area (Å²) < 4.78 is 0. The van der Waals surface area contributed by atoms with Crippen molar-refractivity contribution in [2.45, 2.75) is 133 Å². The van der Waals surface area contributed by atoms with Gasteiger partial charge in [0, 0.05) is 75.3 Å². The maximum absolute atomic E-state index is 14.6. The van der Waals surface area contributed by atoms with Gasteiger partial charge in [-0.2, -0.15) is 0 Å². The number of nitrogens with one attached hydrogen (secondary N) is 6. The third-order valence-corrected chi connectivity index (χ3v) is 13.0. The average Bonchev–Trinajstić information content (AvgIpc) is 3.90. The zero-order valence-electron chi connectivity index (χ0n) is 37.8. The largest absolute Gasteiger partial charge is 0.391 e. The molecule has 2 saturated heterocycles. The Kier molecular flexibility index (Phi) is 17.7. The minimum atomic E-state index is -1.23. The molecule has 6 amide bonds. The zero-order valence-corrected chi connectivity index (χ0v) is 37.8. The highest BCUT2D eigenvalue weighted by Gasteiger charge is 2.43. The maximum Gasteiger partial charge on any atom is 0.245 e. The van der Waals surface area contributed by atoms with Crippen LogP contribution in [-0.4, -0.2) is 118 Å². The van der Waals surface area contributed by atoms with Crippen LogP contribution in [0, 0.1) is 11.8 Å². The Hall–Kier alpha value is -6.30. The molecule has 11 N–H and O–H groups in total. The predicted molar refractivity (Wildman–Crippen MR) is 248 cm³/mol. The predicted octanol–water partition coefficient (Wildman–Crippen LogP) is 1.38. The van der Waals surface area contributed by atoms with Crippen LogP contribution < -0.4 is 38.1 Å². The Morgan fingerprint density at radius 1 is 0.894 bits per heavy atom. The standard InChI is InChI=1S/C48H66N10O8/c1-29(59)54-39(22-30-12-4-2-5-13-30)44(63)55-37-19-11-20-51-43(62)32(16-10-21-52-48(49)50)25-42(61)38(24-33-27-53-36-18-9-8-17-35(33)36)56-45(64)40(23-31-14-6-3-7-15-31)57-46(65)41-26-34(60)28-58(41)47(37)66/h2,4-5,8-9,12-13,17-18,27,31-32,34,37-41,53,60H,3,6-7,10-11,14-16,19-26,28H2,1H3,(H,51,62)(H,54,59)(H,55,63)(H,56,64)(H,57,65)(H4,49,50,52)/t32-,34-,37+,38+,39+,40-,41+/m1/s1. The summed E-state index contributed by atoms with van der Waals surface area (Å²) in [5.41, 5.74) is 13.5. The van der Waals surface area contributed by atoms with Crippen LogP contribution in [-0.2, 0) is 46.4 Å². The fourth-order valence-electron chi connectivity index (χ4n) is 9.55. The van der Waals surface area contributed by atoms with Gasteiger partial charge < -0.3 is 53.0 Å². The van der Waals surface area contributed by atoms with Crippen LogP contribution in [0.1, 0.15) is 95.1 Å². The quantitative estimate of drug-likeness (QED) is 0.0675. The molecule has 1 aromatic heterocycles. The van der Waals surface area contributed by atoms with E-state index in [1.54, 1.807) is 6.20 Å². The molecule has 66 heavy (non-hydrogen) atoms. The van der Waals surface area contributed by atoms with Gasteiger partial charge in [0.15, 0.2) is 11.7 Å². The van der Waals surface area contributed by atoms with Crippen molar-refractivity contribution < 1.29 is 38.7 Å². The minimum Gasteiger partial charge on any atom is -0.391 e. The van der Waals surface area contributed by atoms with Crippen LogP contribution in [0.3, 0.4) is 0 Å². The van der Waals surface area contributed by atoms with Crippen molar-refractivity contribution in [1.82, 2.24) is 36.5 Å². The number of amides is 6. The van der Waals surface area contributed by atoms with Crippen LogP contribution >= 0.6 is 0 Å². The Balaban J connectivity index is 1.33. The van der Waals surface area contributed by atoms with Crippen LogP contribution in [0.4, 0.5) is 0 Å². The summed E-state index contributed by atoms with van der Waals surface area (Å²) in [6.07, 6.45) is 6.45. The number of aromatic amines is 1. The lowest BCUT2D eigenvalue weighted by Crippen LogP contribution is -2.59. The Morgan fingerprint density at radius 3 is 2.36 bits per heavy atom. The first-order chi connectivity index (χ1) is 31.7. The molecule has 0 spiro atoms. The van der Waals surface area contributed by atoms with Crippen molar-refractivity contribution in [2.75, 3.05) is 19.6 Å². The van der Waals surface area contributed by atoms with E-state index in [1.807, 2.05) is 54.6 Å². The number of rotatable bonds is 13. The highest BCUT2D eigenvalue weighted by molar-refractivity contribution is 5.98. The molecule has 18 nitrogen and oxygen atoms in total. The minimum absolute atomic E-state index is 0.0113. The van der Waals surface area contributed by atoms with E-state index in [0.29, 0.717) is 6.42 Å². The van der Waals surface area contributed by atoms with Gasteiger partial charge in [0.1, 0.15) is 24.2 Å². The summed E-state index contributed by atoms with van der Waals surface area (Å²) in [6.45, 7) is 1.36. The van der Waals surface area contributed by atoms with Crippen molar-refractivity contribution in [3.05, 3.63) is 71.9 Å². The second-order valence-electron chi connectivity index (χ2n) is 18.1. The lowest BCUT2D eigenvalue weighted by Gasteiger charge is -2.32. The van der Waals surface area contributed by atoms with Gasteiger partial charge in [0.25, 0.3) is 0 Å². The second-order valence-corrected chi connectivity index (χ2v) is 18.1. The van der Waals surface area contributed by atoms with Gasteiger partial charge in [0.2, 0.25) is 35.4 Å². The lowest BCUT2D eigenvalue weighted by molar-refractivity contribution is -0.143. The van der Waals surface area contributed by atoms with Crippen LogP contribution in [0.25, 0.3) is 10.9 Å². The number of aliphatic imine (C=N–C) groups is 1. The lowest BCUT2D eigenvalue weighted by atomic mass is 9.84. The number of aromatic nitrogens is 1. The topological polar surface area (TPSA) is 283 Å². The van der Waals surface area contributed by atoms with E-state index in [2.05, 4.69) is 36.6 Å². The van der Waals surface area contributed by atoms with Gasteiger partial charge in [-0.15, -0.1) is 0 Å². The maximum atomic E-state index is 14.6. The van der Waals surface area contributed by atoms with Crippen molar-refractivity contribution >= 4 is 58.1 Å². The Bertz CT molecular complexity index is 2200. The highest BCUT2D eigenvalue weighted by atomic mass is 16.3. The van der Waals surface area contributed by atoms with Gasteiger partial charge in [-0.05, 0) is 55.2 Å². The number of benzene rings is 2. The van der Waals surface area contributed by atoms with E-state index < -0.39 is 77.7 Å². The number of fused-ring (bicyclic) bond motifs is 2. The van der Waals surface area contributed by atoms with Crippen molar-refractivity contribution in [2.24, 2.45) is 28.3 Å². The third kappa shape index (κ3) is 13.9. The summed E-state index contributed by atoms with van der Waals surface area (Å²) in [5, 5.41) is 26.2. The van der Waals surface area contributed by atoms with Crippen LogP contribution in [0.15, 0.2) is 65.8 Å². The number of aliphatic hydroxyl groups excluding tert-OH is 1. The number of nitrogens with zero attached hydrogens (tertiary/aromatic N) is 2. The molecule has 1 aliphatic carbocycles. The summed E-state index contributed by atoms with van der Waals surface area (Å²) >= 11 is 0. The van der Waals surface area contributed by atoms with E-state index in [4.69, 9.17) is 11.5 Å². The van der Waals surface area contributed by atoms with E-state index in [-0.39, 0.29) is 88.7 Å². The molecule has 18 heteroatoms. The molecule has 3 fully saturated rings. The molecule has 0 bridgehead atoms. The smallest absolute Gasteiger partial charge is 0.245 e. The first-order valence-electron chi connectivity index (χ1n) is 23.4. The molecule has 356 valence electrons. The second kappa shape index (κ2) is 23.8. The number of ketones is 1. The monoisotopic (exact) mass is 911 g/mol. The van der Waals surface area contributed by atoms with Crippen molar-refractivity contribution in [1.29, 1.82) is 0 Å². The number of hydrogen-bond donors (Lipinski definition) is 9. The number of Topliss-reactive ketones (excluding diaryl/α,β-unsaturated/α-hetero) is 1. The molecule has 7 atom stereocenters. The van der Waals surface area contributed by atoms with Crippen LogP contribution in [0.2, 0.25) is 0 Å². The third-order valence-electron chi connectivity index (χ3n) is 13.0. The number of carbonyl (C=O) groups is 7. The van der Waals surface area contributed by atoms with Gasteiger partial charge >= 0.3 is 0 Å². The summed E-state index contributed by atoms with van der Waals surface area (Å²) in [6, 6.07) is 11.0. The van der Waals surface area contributed by atoms with Crippen molar-refractivity contribution in [3.63, 3.8) is 0 Å². The molecule has 0 unspecified atom stereocenters. The molecule has 3 aliphatic rings. The normalized spacial score (nSPS) is 24.5. The number of para-hydroxylation sites is 1. The Labute approximate surface area is 385 Å². The molecule has 6 rings (SSSR count). The van der Waals surface area contributed by atoms with E-state index in [0.717, 1.165) is 54.1 Å². The molecule has 0 radical (unpaired) electrons. The fraction of sp³-hybridized carbons (Fsp3) is 0.542. The van der Waals surface area contributed by atoms with E-state index in [1.165, 1.54) is 11.8 Å². The number of hydrogen-bond acceptors (Lipinski definition) is 9. The SMILES string of the molecule is CC(=O)N[C@@H](Cc1ccccc1)C(=O)N[C@H]1CCCNC(=O)[C@H](CCCN=C(N)N)CC(=O)[C@H](Cc2c[nH]c3ccccc23)NC(=O)[C@@H](CC2CCCCC2)NC(=O)[C@@H]2C[C@@H](O)CN2C1=O. The first kappa shape index (κ1) is 49.1. The summed E-state index contributed by atoms with van der Waals surface area (Å²) in [4.78, 5) is 107. The fourth-order valence-corrected chi connectivity index (χ4v) is 9.55. The number of guanidine groups is 1. The van der Waals surface area contributed by atoms with Crippen LogP contribution in [0.5, 0.6) is 0 Å². The Morgan fingerprint density at radius 2 is 1.62 bits per heavy atom. The van der Waals surface area contributed by atoms with E-state index >= 15 is 0 Å². The summed E-state index contributed by atoms with van der Waals surface area (Å²) in [7, 11) is 0. The van der Waals surface area contributed by atoms with Crippen molar-refractivity contribution in [3.8, 4) is 0 Å². The average molecular weight is 911 g/mol. The number of aliphatic hydroxyl groups is 1. The molecule has 2 aromatic carbocycles. The zero-order chi connectivity index (χ0) is 47.2. The van der Waals surface area contributed by atoms with Gasteiger partial charge in [-0.25, -0.2) is 0 Å².